The standard InChI is InChI=1S/C18H22BrNO4S/c1-14-4-10-17(11-5-14)25(21,22)20(13-18(23-2)24-3)12-15-6-8-16(19)9-7-15/h4-11,18H,12-13H2,1-3H3/i13D2. The van der Waals surface area contributed by atoms with Crippen LogP contribution in [-0.2, 0) is 26.0 Å². The first-order valence-electron chi connectivity index (χ1n) is 8.52. The molecule has 2 aromatic rings. The molecule has 0 aliphatic heterocycles. The lowest BCUT2D eigenvalue weighted by Gasteiger charge is -2.26. The van der Waals surface area contributed by atoms with Crippen LogP contribution in [0.2, 0.25) is 0 Å². The molecule has 5 nitrogen and oxygen atoms in total. The molecule has 0 aliphatic rings. The van der Waals surface area contributed by atoms with Gasteiger partial charge in [0.1, 0.15) is 0 Å². The van der Waals surface area contributed by atoms with Gasteiger partial charge in [-0.3, -0.25) is 0 Å². The van der Waals surface area contributed by atoms with Crippen molar-refractivity contribution in [3.05, 3.63) is 64.1 Å². The van der Waals surface area contributed by atoms with Gasteiger partial charge in [-0.15, -0.1) is 0 Å². The molecule has 0 bridgehead atoms. The van der Waals surface area contributed by atoms with Crippen molar-refractivity contribution in [3.8, 4) is 0 Å². The summed E-state index contributed by atoms with van der Waals surface area (Å²) in [6, 6.07) is 13.3. The fourth-order valence-electron chi connectivity index (χ4n) is 2.11. The predicted molar refractivity (Wildman–Crippen MR) is 101 cm³/mol. The zero-order chi connectivity index (χ0) is 20.2. The second kappa shape index (κ2) is 8.91. The van der Waals surface area contributed by atoms with Crippen LogP contribution in [0.5, 0.6) is 0 Å². The minimum Gasteiger partial charge on any atom is -0.354 e. The van der Waals surface area contributed by atoms with E-state index in [1.807, 2.05) is 6.92 Å². The average Bonchev–Trinajstić information content (AvgIpc) is 2.62. The fraction of sp³-hybridized carbons (Fsp3) is 0.333. The van der Waals surface area contributed by atoms with E-state index < -0.39 is 22.8 Å². The van der Waals surface area contributed by atoms with E-state index in [0.29, 0.717) is 5.56 Å². The first-order valence-corrected chi connectivity index (χ1v) is 9.75. The van der Waals surface area contributed by atoms with Crippen LogP contribution < -0.4 is 0 Å². The van der Waals surface area contributed by atoms with E-state index in [1.54, 1.807) is 36.4 Å². The van der Waals surface area contributed by atoms with E-state index in [-0.39, 0.29) is 11.4 Å². The van der Waals surface area contributed by atoms with Gasteiger partial charge in [0, 0.05) is 28.0 Å². The van der Waals surface area contributed by atoms with Crippen molar-refractivity contribution in [3.63, 3.8) is 0 Å². The SMILES string of the molecule is [2H]C([2H])(C(OC)OC)N(Cc1ccc(Br)cc1)S(=O)(=O)c1ccc(C)cc1. The van der Waals surface area contributed by atoms with Crippen molar-refractivity contribution in [2.24, 2.45) is 0 Å². The number of rotatable bonds is 8. The minimum atomic E-state index is -4.16. The molecule has 0 radical (unpaired) electrons. The van der Waals surface area contributed by atoms with E-state index in [0.717, 1.165) is 14.3 Å². The van der Waals surface area contributed by atoms with Crippen LogP contribution in [0.4, 0.5) is 0 Å². The highest BCUT2D eigenvalue weighted by molar-refractivity contribution is 9.10. The molecule has 0 spiro atoms. The van der Waals surface area contributed by atoms with Crippen molar-refractivity contribution >= 4 is 26.0 Å². The number of methoxy groups -OCH3 is 2. The Labute approximate surface area is 160 Å². The van der Waals surface area contributed by atoms with Crippen LogP contribution in [0.15, 0.2) is 57.9 Å². The number of sulfonamides is 1. The third kappa shape index (κ3) is 5.36. The Morgan fingerprint density at radius 2 is 1.64 bits per heavy atom. The normalized spacial score (nSPS) is 13.8. The van der Waals surface area contributed by atoms with Gasteiger partial charge in [-0.1, -0.05) is 45.8 Å². The number of halogens is 1. The van der Waals surface area contributed by atoms with Gasteiger partial charge in [0.2, 0.25) is 10.0 Å². The Bertz CT molecular complexity index is 854. The summed E-state index contributed by atoms with van der Waals surface area (Å²) in [5, 5.41) is 0. The summed E-state index contributed by atoms with van der Waals surface area (Å²) in [6.07, 6.45) is -1.40. The van der Waals surface area contributed by atoms with Crippen LogP contribution in [0.3, 0.4) is 0 Å². The zero-order valence-electron chi connectivity index (χ0n) is 16.3. The summed E-state index contributed by atoms with van der Waals surface area (Å²) >= 11 is 3.33. The van der Waals surface area contributed by atoms with Crippen molar-refractivity contribution in [1.82, 2.24) is 4.31 Å². The Balaban J connectivity index is 2.54. The molecule has 0 saturated carbocycles. The van der Waals surface area contributed by atoms with Crippen LogP contribution in [-0.4, -0.2) is 39.7 Å². The number of hydrogen-bond acceptors (Lipinski definition) is 4. The van der Waals surface area contributed by atoms with Crippen LogP contribution in [0.25, 0.3) is 0 Å². The molecule has 0 N–H and O–H groups in total. The molecule has 0 amide bonds. The molecule has 25 heavy (non-hydrogen) atoms. The molecule has 7 heteroatoms. The van der Waals surface area contributed by atoms with Gasteiger partial charge in [0.25, 0.3) is 0 Å². The Kier molecular flexibility index (Phi) is 6.12. The summed E-state index contributed by atoms with van der Waals surface area (Å²) in [4.78, 5) is 0.0000396. The minimum absolute atomic E-state index is 0.0000396. The van der Waals surface area contributed by atoms with Gasteiger partial charge in [-0.2, -0.15) is 4.31 Å². The first-order chi connectivity index (χ1) is 12.6. The molecule has 0 atom stereocenters. The first kappa shape index (κ1) is 17.2. The number of ether oxygens (including phenoxy) is 2. The lowest BCUT2D eigenvalue weighted by molar-refractivity contribution is -0.108. The predicted octanol–water partition coefficient (Wildman–Crippen LogP) is 3.57. The van der Waals surface area contributed by atoms with Gasteiger partial charge in [-0.25, -0.2) is 8.42 Å². The molecule has 136 valence electrons. The van der Waals surface area contributed by atoms with E-state index >= 15 is 0 Å². The largest absolute Gasteiger partial charge is 0.354 e. The number of hydrogen-bond donors (Lipinski definition) is 0. The monoisotopic (exact) mass is 429 g/mol. The molecule has 0 heterocycles. The van der Waals surface area contributed by atoms with Gasteiger partial charge in [0.05, 0.1) is 11.4 Å². The highest BCUT2D eigenvalue weighted by atomic mass is 79.9. The molecule has 2 rings (SSSR count). The van der Waals surface area contributed by atoms with Gasteiger partial charge < -0.3 is 9.47 Å². The van der Waals surface area contributed by atoms with Gasteiger partial charge in [-0.05, 0) is 36.8 Å². The second-order valence-corrected chi connectivity index (χ2v) is 8.16. The highest BCUT2D eigenvalue weighted by Crippen LogP contribution is 2.21. The van der Waals surface area contributed by atoms with E-state index in [2.05, 4.69) is 15.9 Å². The second-order valence-electron chi connectivity index (χ2n) is 5.38. The fourth-order valence-corrected chi connectivity index (χ4v) is 3.66. The van der Waals surface area contributed by atoms with Crippen LogP contribution in [0.1, 0.15) is 13.9 Å². The molecular weight excluding hydrogens is 406 g/mol. The smallest absolute Gasteiger partial charge is 0.243 e. The zero-order valence-corrected chi connectivity index (χ0v) is 16.7. The molecule has 0 unspecified atom stereocenters. The molecule has 0 fully saturated rings. The summed E-state index contributed by atoms with van der Waals surface area (Å²) in [5.41, 5.74) is 1.53. The molecular formula is C18H22BrNO4S. The number of benzene rings is 2. The Hall–Kier alpha value is -1.25. The van der Waals surface area contributed by atoms with Crippen molar-refractivity contribution in [2.75, 3.05) is 20.7 Å². The molecule has 0 aromatic heterocycles. The number of aryl methyl sites for hydroxylation is 1. The summed E-state index contributed by atoms with van der Waals surface area (Å²) in [5.74, 6) is 0. The number of nitrogens with zero attached hydrogens (tertiary/aromatic N) is 1. The molecule has 0 saturated heterocycles. The van der Waals surface area contributed by atoms with Crippen LogP contribution >= 0.6 is 15.9 Å². The van der Waals surface area contributed by atoms with E-state index in [1.165, 1.54) is 26.4 Å². The van der Waals surface area contributed by atoms with Gasteiger partial charge in [0.15, 0.2) is 6.29 Å². The van der Waals surface area contributed by atoms with E-state index in [4.69, 9.17) is 12.2 Å². The topological polar surface area (TPSA) is 55.8 Å². The van der Waals surface area contributed by atoms with Gasteiger partial charge >= 0.3 is 0 Å². The maximum atomic E-state index is 13.3. The van der Waals surface area contributed by atoms with Crippen molar-refractivity contribution in [1.29, 1.82) is 0 Å². The van der Waals surface area contributed by atoms with E-state index in [9.17, 15) is 8.42 Å². The summed E-state index contributed by atoms with van der Waals surface area (Å²) < 4.78 is 55.1. The maximum Gasteiger partial charge on any atom is 0.243 e. The third-order valence-corrected chi connectivity index (χ3v) is 5.74. The summed E-state index contributed by atoms with van der Waals surface area (Å²) in [7, 11) is -1.63. The lowest BCUT2D eigenvalue weighted by atomic mass is 10.2. The van der Waals surface area contributed by atoms with Crippen molar-refractivity contribution in [2.45, 2.75) is 24.7 Å². The quantitative estimate of drug-likeness (QED) is 0.601. The average molecular weight is 430 g/mol. The summed E-state index contributed by atoms with van der Waals surface area (Å²) in [6.45, 7) is -0.777. The molecule has 0 aliphatic carbocycles. The van der Waals surface area contributed by atoms with Crippen molar-refractivity contribution < 1.29 is 20.6 Å². The highest BCUT2D eigenvalue weighted by Gasteiger charge is 2.27. The lowest BCUT2D eigenvalue weighted by Crippen LogP contribution is -2.38. The van der Waals surface area contributed by atoms with Crippen LogP contribution in [0, 0.1) is 6.92 Å². The maximum absolute atomic E-state index is 13.3. The Morgan fingerprint density at radius 3 is 2.16 bits per heavy atom. The third-order valence-electron chi connectivity index (χ3n) is 3.53. The molecule has 2 aromatic carbocycles. The Morgan fingerprint density at radius 1 is 1.08 bits per heavy atom.